The summed E-state index contributed by atoms with van der Waals surface area (Å²) in [5.74, 6) is 2.02. The number of nitrogens with one attached hydrogen (secondary N) is 1. The van der Waals surface area contributed by atoms with Crippen LogP contribution in [0.15, 0.2) is 53.0 Å². The van der Waals surface area contributed by atoms with Crippen molar-refractivity contribution in [2.75, 3.05) is 18.2 Å². The van der Waals surface area contributed by atoms with E-state index in [2.05, 4.69) is 21.2 Å². The molecule has 1 amide bonds. The maximum Gasteiger partial charge on any atom is 0.234 e. The van der Waals surface area contributed by atoms with Crippen LogP contribution < -0.4 is 10.1 Å². The first-order chi connectivity index (χ1) is 10.2. The lowest BCUT2D eigenvalue weighted by atomic mass is 10.2. The maximum absolute atomic E-state index is 11.9. The third-order valence-electron chi connectivity index (χ3n) is 2.81. The van der Waals surface area contributed by atoms with Crippen LogP contribution in [0.4, 0.5) is 5.69 Å². The monoisotopic (exact) mass is 365 g/mol. The lowest BCUT2D eigenvalue weighted by Gasteiger charge is -2.08. The zero-order valence-electron chi connectivity index (χ0n) is 11.6. The van der Waals surface area contributed by atoms with Crippen molar-refractivity contribution in [3.05, 3.63) is 58.6 Å². The number of benzene rings is 2. The molecule has 1 N–H and O–H groups in total. The van der Waals surface area contributed by atoms with Crippen molar-refractivity contribution in [3.8, 4) is 5.75 Å². The number of rotatable bonds is 6. The number of para-hydroxylation sites is 1. The van der Waals surface area contributed by atoms with Gasteiger partial charge in [-0.2, -0.15) is 0 Å². The third kappa shape index (κ3) is 5.10. The second kappa shape index (κ2) is 8.10. The molecule has 0 atom stereocenters. The van der Waals surface area contributed by atoms with Gasteiger partial charge in [0.15, 0.2) is 0 Å². The van der Waals surface area contributed by atoms with Crippen LogP contribution in [0.5, 0.6) is 5.75 Å². The molecule has 0 aromatic heterocycles. The number of ether oxygens (including phenoxy) is 1. The van der Waals surface area contributed by atoms with Crippen LogP contribution in [0.1, 0.15) is 5.56 Å². The Balaban J connectivity index is 1.80. The third-order valence-corrected chi connectivity index (χ3v) is 4.32. The zero-order valence-corrected chi connectivity index (χ0v) is 14.0. The quantitative estimate of drug-likeness (QED) is 0.827. The Morgan fingerprint density at radius 1 is 1.19 bits per heavy atom. The molecule has 0 heterocycles. The van der Waals surface area contributed by atoms with Gasteiger partial charge in [0.2, 0.25) is 5.91 Å². The predicted molar refractivity (Wildman–Crippen MR) is 91.9 cm³/mol. The van der Waals surface area contributed by atoms with Crippen molar-refractivity contribution in [1.29, 1.82) is 0 Å². The highest BCUT2D eigenvalue weighted by Gasteiger charge is 2.05. The van der Waals surface area contributed by atoms with E-state index < -0.39 is 0 Å². The molecule has 2 aromatic carbocycles. The minimum Gasteiger partial charge on any atom is -0.496 e. The van der Waals surface area contributed by atoms with Crippen molar-refractivity contribution < 1.29 is 9.53 Å². The van der Waals surface area contributed by atoms with E-state index in [1.54, 1.807) is 18.9 Å². The van der Waals surface area contributed by atoms with Gasteiger partial charge in [-0.15, -0.1) is 11.8 Å². The molecule has 0 unspecified atom stereocenters. The molecule has 2 rings (SSSR count). The second-order valence-electron chi connectivity index (χ2n) is 4.36. The molecule has 5 heteroatoms. The van der Waals surface area contributed by atoms with Crippen molar-refractivity contribution in [3.63, 3.8) is 0 Å². The lowest BCUT2D eigenvalue weighted by molar-refractivity contribution is -0.113. The first kappa shape index (κ1) is 15.9. The molecular weight excluding hydrogens is 350 g/mol. The summed E-state index contributed by atoms with van der Waals surface area (Å²) >= 11 is 4.93. The molecule has 2 aromatic rings. The van der Waals surface area contributed by atoms with E-state index in [9.17, 15) is 4.79 Å². The Labute approximate surface area is 137 Å². The number of carbonyl (C=O) groups excluding carboxylic acids is 1. The van der Waals surface area contributed by atoms with Gasteiger partial charge >= 0.3 is 0 Å². The van der Waals surface area contributed by atoms with E-state index in [1.165, 1.54) is 0 Å². The smallest absolute Gasteiger partial charge is 0.234 e. The normalized spacial score (nSPS) is 10.2. The van der Waals surface area contributed by atoms with Crippen LogP contribution in [0.25, 0.3) is 0 Å². The van der Waals surface area contributed by atoms with Crippen LogP contribution in [-0.2, 0) is 10.5 Å². The molecule has 110 valence electrons. The standard InChI is InChI=1S/C16H16BrNO2S/c1-20-15-5-3-2-4-12(15)10-21-11-16(19)18-14-8-6-13(17)7-9-14/h2-9H,10-11H2,1H3,(H,18,19). The molecule has 21 heavy (non-hydrogen) atoms. The van der Waals surface area contributed by atoms with E-state index in [-0.39, 0.29) is 5.91 Å². The largest absolute Gasteiger partial charge is 0.496 e. The maximum atomic E-state index is 11.9. The predicted octanol–water partition coefficient (Wildman–Crippen LogP) is 4.33. The molecule has 0 radical (unpaired) electrons. The van der Waals surface area contributed by atoms with Gasteiger partial charge in [0.25, 0.3) is 0 Å². The fraction of sp³-hybridized carbons (Fsp3) is 0.188. The highest BCUT2D eigenvalue weighted by molar-refractivity contribution is 9.10. The van der Waals surface area contributed by atoms with E-state index in [0.29, 0.717) is 5.75 Å². The van der Waals surface area contributed by atoms with Gasteiger partial charge in [-0.05, 0) is 30.3 Å². The molecule has 0 aliphatic heterocycles. The average Bonchev–Trinajstić information content (AvgIpc) is 2.50. The molecule has 0 saturated heterocycles. The van der Waals surface area contributed by atoms with Crippen LogP contribution in [0.2, 0.25) is 0 Å². The summed E-state index contributed by atoms with van der Waals surface area (Å²) in [7, 11) is 1.66. The molecule has 0 aliphatic rings. The lowest BCUT2D eigenvalue weighted by Crippen LogP contribution is -2.14. The Kier molecular flexibility index (Phi) is 6.14. The fourth-order valence-corrected chi connectivity index (χ4v) is 2.89. The van der Waals surface area contributed by atoms with Crippen molar-refractivity contribution in [2.24, 2.45) is 0 Å². The van der Waals surface area contributed by atoms with Gasteiger partial charge in [0, 0.05) is 21.5 Å². The van der Waals surface area contributed by atoms with Gasteiger partial charge in [-0.25, -0.2) is 0 Å². The summed E-state index contributed by atoms with van der Waals surface area (Å²) in [4.78, 5) is 11.9. The molecular formula is C16H16BrNO2S. The Morgan fingerprint density at radius 2 is 1.90 bits per heavy atom. The van der Waals surface area contributed by atoms with Gasteiger partial charge in [0.1, 0.15) is 5.75 Å². The van der Waals surface area contributed by atoms with Gasteiger partial charge in [0.05, 0.1) is 12.9 Å². The van der Waals surface area contributed by atoms with Crippen molar-refractivity contribution >= 4 is 39.3 Å². The Morgan fingerprint density at radius 3 is 2.62 bits per heavy atom. The summed E-state index contributed by atoms with van der Waals surface area (Å²) in [6.07, 6.45) is 0. The summed E-state index contributed by atoms with van der Waals surface area (Å²) in [5, 5.41) is 2.87. The highest BCUT2D eigenvalue weighted by atomic mass is 79.9. The number of amides is 1. The average molecular weight is 366 g/mol. The number of hydrogen-bond donors (Lipinski definition) is 1. The Bertz CT molecular complexity index is 601. The summed E-state index contributed by atoms with van der Waals surface area (Å²) in [6.45, 7) is 0. The molecule has 0 bridgehead atoms. The number of anilines is 1. The van der Waals surface area contributed by atoms with Crippen molar-refractivity contribution in [1.82, 2.24) is 0 Å². The van der Waals surface area contributed by atoms with E-state index in [4.69, 9.17) is 4.74 Å². The second-order valence-corrected chi connectivity index (χ2v) is 6.26. The number of methoxy groups -OCH3 is 1. The SMILES string of the molecule is COc1ccccc1CSCC(=O)Nc1ccc(Br)cc1. The zero-order chi connectivity index (χ0) is 15.1. The Hall–Kier alpha value is -1.46. The van der Waals surface area contributed by atoms with Crippen LogP contribution in [0.3, 0.4) is 0 Å². The number of halogens is 1. The summed E-state index contributed by atoms with van der Waals surface area (Å²) in [6, 6.07) is 15.4. The summed E-state index contributed by atoms with van der Waals surface area (Å²) < 4.78 is 6.28. The van der Waals surface area contributed by atoms with Gasteiger partial charge < -0.3 is 10.1 Å². The number of carbonyl (C=O) groups is 1. The van der Waals surface area contributed by atoms with Crippen molar-refractivity contribution in [2.45, 2.75) is 5.75 Å². The molecule has 0 fully saturated rings. The molecule has 0 spiro atoms. The number of thioether (sulfide) groups is 1. The first-order valence-electron chi connectivity index (χ1n) is 6.44. The van der Waals surface area contributed by atoms with Crippen LogP contribution in [0, 0.1) is 0 Å². The molecule has 0 saturated carbocycles. The summed E-state index contributed by atoms with van der Waals surface area (Å²) in [5.41, 5.74) is 1.91. The van der Waals surface area contributed by atoms with Gasteiger partial charge in [-0.3, -0.25) is 4.79 Å². The van der Waals surface area contributed by atoms with E-state index >= 15 is 0 Å². The fourth-order valence-electron chi connectivity index (χ4n) is 1.81. The minimum atomic E-state index is -0.00257. The van der Waals surface area contributed by atoms with E-state index in [1.807, 2.05) is 48.5 Å². The van der Waals surface area contributed by atoms with Crippen LogP contribution >= 0.6 is 27.7 Å². The van der Waals surface area contributed by atoms with Crippen LogP contribution in [-0.4, -0.2) is 18.8 Å². The first-order valence-corrected chi connectivity index (χ1v) is 8.39. The highest BCUT2D eigenvalue weighted by Crippen LogP contribution is 2.22. The van der Waals surface area contributed by atoms with Gasteiger partial charge in [-0.1, -0.05) is 34.1 Å². The van der Waals surface area contributed by atoms with E-state index in [0.717, 1.165) is 27.2 Å². The number of hydrogen-bond acceptors (Lipinski definition) is 3. The minimum absolute atomic E-state index is 0.00257. The topological polar surface area (TPSA) is 38.3 Å². The molecule has 0 aliphatic carbocycles. The molecule has 3 nitrogen and oxygen atoms in total.